The highest BCUT2D eigenvalue weighted by atomic mass is 32.2. The van der Waals surface area contributed by atoms with Gasteiger partial charge in [-0.3, -0.25) is 14.6 Å². The van der Waals surface area contributed by atoms with E-state index in [1.807, 2.05) is 0 Å². The van der Waals surface area contributed by atoms with Gasteiger partial charge in [0, 0.05) is 24.5 Å². The van der Waals surface area contributed by atoms with Crippen LogP contribution in [0.2, 0.25) is 0 Å². The summed E-state index contributed by atoms with van der Waals surface area (Å²) in [4.78, 5) is 29.2. The summed E-state index contributed by atoms with van der Waals surface area (Å²) in [6.07, 6.45) is 8.12. The molecule has 2 aliphatic carbocycles. The van der Waals surface area contributed by atoms with E-state index in [1.54, 1.807) is 11.2 Å². The van der Waals surface area contributed by atoms with Crippen molar-refractivity contribution >= 4 is 27.9 Å². The second kappa shape index (κ2) is 12.2. The number of nitrogens with two attached hydrogens (primary N) is 2. The molecule has 194 valence electrons. The molecule has 3 fully saturated rings. The zero-order chi connectivity index (χ0) is 24.7. The van der Waals surface area contributed by atoms with E-state index in [9.17, 15) is 18.0 Å². The number of aliphatic imine (C=N–C) groups is 1. The Balaban J connectivity index is 1.61. The first-order valence-electron chi connectivity index (χ1n) is 12.8. The molecule has 5 unspecified atom stereocenters. The molecule has 10 nitrogen and oxygen atoms in total. The second-order valence-electron chi connectivity index (χ2n) is 9.88. The van der Waals surface area contributed by atoms with Gasteiger partial charge >= 0.3 is 5.97 Å². The molecular weight excluding hydrogens is 458 g/mol. The van der Waals surface area contributed by atoms with Crippen LogP contribution < -0.4 is 16.8 Å². The largest absolute Gasteiger partial charge is 0.466 e. The Morgan fingerprint density at radius 2 is 1.79 bits per heavy atom. The predicted octanol–water partition coefficient (Wildman–Crippen LogP) is 1.38. The SMILES string of the molecule is CCOC(=O)CC1CCCCN1S(=O)(=O)C1CCCC(NC(=O)C2CCCC(N=C(N)N)C2)C1. The van der Waals surface area contributed by atoms with Crippen LogP contribution in [0.25, 0.3) is 0 Å². The van der Waals surface area contributed by atoms with Crippen LogP contribution in [0.3, 0.4) is 0 Å². The molecule has 0 aromatic heterocycles. The summed E-state index contributed by atoms with van der Waals surface area (Å²) in [6, 6.07) is -0.551. The van der Waals surface area contributed by atoms with E-state index >= 15 is 0 Å². The van der Waals surface area contributed by atoms with Crippen molar-refractivity contribution in [3.05, 3.63) is 0 Å². The van der Waals surface area contributed by atoms with E-state index in [2.05, 4.69) is 10.3 Å². The summed E-state index contributed by atoms with van der Waals surface area (Å²) < 4.78 is 33.8. The monoisotopic (exact) mass is 499 g/mol. The van der Waals surface area contributed by atoms with Crippen molar-refractivity contribution in [1.29, 1.82) is 0 Å². The molecule has 3 aliphatic rings. The van der Waals surface area contributed by atoms with E-state index in [1.165, 1.54) is 0 Å². The Hall–Kier alpha value is -1.88. The molecule has 2 saturated carbocycles. The lowest BCUT2D eigenvalue weighted by molar-refractivity contribution is -0.144. The maximum atomic E-state index is 13.6. The van der Waals surface area contributed by atoms with Crippen LogP contribution in [0.5, 0.6) is 0 Å². The van der Waals surface area contributed by atoms with Crippen LogP contribution in [0.15, 0.2) is 4.99 Å². The van der Waals surface area contributed by atoms with Crippen LogP contribution in [0.1, 0.15) is 84.0 Å². The lowest BCUT2D eigenvalue weighted by Gasteiger charge is -2.39. The Kier molecular flexibility index (Phi) is 9.58. The number of ether oxygens (including phenoxy) is 1. The van der Waals surface area contributed by atoms with Gasteiger partial charge in [0.2, 0.25) is 15.9 Å². The summed E-state index contributed by atoms with van der Waals surface area (Å²) in [5.74, 6) is -0.494. The molecular formula is C23H41N5O5S. The normalized spacial score (nSPS) is 30.8. The fourth-order valence-electron chi connectivity index (χ4n) is 5.71. The molecule has 34 heavy (non-hydrogen) atoms. The average Bonchev–Trinajstić information content (AvgIpc) is 2.79. The van der Waals surface area contributed by atoms with Gasteiger partial charge in [-0.2, -0.15) is 4.31 Å². The number of amides is 1. The lowest BCUT2D eigenvalue weighted by Crippen LogP contribution is -2.51. The number of esters is 1. The fourth-order valence-corrected chi connectivity index (χ4v) is 8.01. The predicted molar refractivity (Wildman–Crippen MR) is 130 cm³/mol. The number of rotatable bonds is 8. The number of nitrogens with one attached hydrogen (secondary N) is 1. The average molecular weight is 500 g/mol. The number of carbonyl (C=O) groups is 2. The van der Waals surface area contributed by atoms with Gasteiger partial charge in [-0.1, -0.05) is 19.3 Å². The molecule has 0 aromatic carbocycles. The van der Waals surface area contributed by atoms with E-state index in [0.29, 0.717) is 32.2 Å². The smallest absolute Gasteiger partial charge is 0.307 e. The molecule has 1 saturated heterocycles. The Bertz CT molecular complexity index is 845. The topological polar surface area (TPSA) is 157 Å². The first kappa shape index (κ1) is 26.7. The van der Waals surface area contributed by atoms with E-state index < -0.39 is 15.3 Å². The number of sulfonamides is 1. The van der Waals surface area contributed by atoms with Crippen LogP contribution >= 0.6 is 0 Å². The molecule has 0 aromatic rings. The lowest BCUT2D eigenvalue weighted by atomic mass is 9.84. The molecule has 0 radical (unpaired) electrons. The Labute approximate surface area is 203 Å². The summed E-state index contributed by atoms with van der Waals surface area (Å²) in [7, 11) is -3.58. The highest BCUT2D eigenvalue weighted by molar-refractivity contribution is 7.89. The third-order valence-electron chi connectivity index (χ3n) is 7.35. The van der Waals surface area contributed by atoms with Gasteiger partial charge < -0.3 is 21.5 Å². The number of hydrogen-bond donors (Lipinski definition) is 3. The third-order valence-corrected chi connectivity index (χ3v) is 9.76. The highest BCUT2D eigenvalue weighted by Crippen LogP contribution is 2.32. The summed E-state index contributed by atoms with van der Waals surface area (Å²) >= 11 is 0. The number of nitrogens with zero attached hydrogens (tertiary/aromatic N) is 2. The van der Waals surface area contributed by atoms with Crippen LogP contribution in [0, 0.1) is 5.92 Å². The van der Waals surface area contributed by atoms with Gasteiger partial charge in [-0.05, 0) is 58.3 Å². The first-order valence-corrected chi connectivity index (χ1v) is 14.3. The molecule has 11 heteroatoms. The zero-order valence-electron chi connectivity index (χ0n) is 20.3. The van der Waals surface area contributed by atoms with Gasteiger partial charge in [-0.25, -0.2) is 8.42 Å². The molecule has 0 spiro atoms. The maximum absolute atomic E-state index is 13.6. The van der Waals surface area contributed by atoms with Crippen molar-refractivity contribution in [2.75, 3.05) is 13.2 Å². The quantitative estimate of drug-likeness (QED) is 0.259. The van der Waals surface area contributed by atoms with E-state index in [0.717, 1.165) is 44.9 Å². The highest BCUT2D eigenvalue weighted by Gasteiger charge is 2.41. The van der Waals surface area contributed by atoms with Crippen molar-refractivity contribution in [3.8, 4) is 0 Å². The number of guanidine groups is 1. The summed E-state index contributed by atoms with van der Waals surface area (Å²) in [5, 5.41) is 2.57. The van der Waals surface area contributed by atoms with Crippen molar-refractivity contribution in [3.63, 3.8) is 0 Å². The number of carbonyl (C=O) groups excluding carboxylic acids is 2. The Morgan fingerprint density at radius 3 is 2.53 bits per heavy atom. The third kappa shape index (κ3) is 7.07. The Morgan fingerprint density at radius 1 is 1.03 bits per heavy atom. The van der Waals surface area contributed by atoms with Crippen LogP contribution in [-0.4, -0.2) is 67.1 Å². The molecule has 3 rings (SSSR count). The van der Waals surface area contributed by atoms with Crippen molar-refractivity contribution in [1.82, 2.24) is 9.62 Å². The van der Waals surface area contributed by atoms with E-state index in [4.69, 9.17) is 16.2 Å². The zero-order valence-corrected chi connectivity index (χ0v) is 21.1. The standard InChI is InChI=1S/C23H41N5O5S/c1-2-33-21(29)15-19-10-3-4-12-28(19)34(31,32)20-11-6-9-18(14-20)26-22(30)16-7-5-8-17(13-16)27-23(24)25/h16-20H,2-15H2,1H3,(H,26,30)(H4,24,25,27). The molecule has 1 aliphatic heterocycles. The second-order valence-corrected chi connectivity index (χ2v) is 12.0. The van der Waals surface area contributed by atoms with Gasteiger partial charge in [0.1, 0.15) is 0 Å². The minimum atomic E-state index is -3.58. The van der Waals surface area contributed by atoms with Gasteiger partial charge in [0.25, 0.3) is 0 Å². The van der Waals surface area contributed by atoms with Crippen molar-refractivity contribution in [2.45, 2.75) is 107 Å². The molecule has 5 N–H and O–H groups in total. The maximum Gasteiger partial charge on any atom is 0.307 e. The summed E-state index contributed by atoms with van der Waals surface area (Å²) in [5.41, 5.74) is 11.0. The van der Waals surface area contributed by atoms with Gasteiger partial charge in [0.05, 0.1) is 24.3 Å². The van der Waals surface area contributed by atoms with Gasteiger partial charge in [-0.15, -0.1) is 0 Å². The molecule has 1 amide bonds. The van der Waals surface area contributed by atoms with Crippen LogP contribution in [-0.2, 0) is 24.3 Å². The first-order chi connectivity index (χ1) is 16.2. The van der Waals surface area contributed by atoms with Crippen molar-refractivity contribution < 1.29 is 22.7 Å². The fraction of sp³-hybridized carbons (Fsp3) is 0.870. The van der Waals surface area contributed by atoms with Crippen LogP contribution in [0.4, 0.5) is 0 Å². The number of hydrogen-bond acceptors (Lipinski definition) is 6. The van der Waals surface area contributed by atoms with Gasteiger partial charge in [0.15, 0.2) is 5.96 Å². The minimum Gasteiger partial charge on any atom is -0.466 e. The molecule has 5 atom stereocenters. The minimum absolute atomic E-state index is 0.0308. The molecule has 1 heterocycles. The molecule has 0 bridgehead atoms. The van der Waals surface area contributed by atoms with Crippen molar-refractivity contribution in [2.24, 2.45) is 22.4 Å². The summed E-state index contributed by atoms with van der Waals surface area (Å²) in [6.45, 7) is 2.47. The number of piperidine rings is 1. The van der Waals surface area contributed by atoms with E-state index in [-0.39, 0.29) is 54.9 Å².